The van der Waals surface area contributed by atoms with Crippen molar-refractivity contribution in [1.82, 2.24) is 9.78 Å². The summed E-state index contributed by atoms with van der Waals surface area (Å²) < 4.78 is 6.62. The van der Waals surface area contributed by atoms with Crippen molar-refractivity contribution in [1.29, 1.82) is 0 Å². The molecule has 78 valence electrons. The minimum Gasteiger partial charge on any atom is -0.464 e. The zero-order valence-electron chi connectivity index (χ0n) is 8.91. The maximum Gasteiger partial charge on any atom is 0.327 e. The molecule has 0 aliphatic heterocycles. The van der Waals surface area contributed by atoms with Gasteiger partial charge in [-0.05, 0) is 26.3 Å². The van der Waals surface area contributed by atoms with Gasteiger partial charge < -0.3 is 4.74 Å². The summed E-state index contributed by atoms with van der Waals surface area (Å²) in [4.78, 5) is 11.2. The zero-order chi connectivity index (χ0) is 10.6. The summed E-state index contributed by atoms with van der Waals surface area (Å²) in [7, 11) is 0. The number of carbonyl (C=O) groups excluding carboxylic acids is 1. The van der Waals surface area contributed by atoms with Crippen LogP contribution in [-0.4, -0.2) is 22.4 Å². The highest BCUT2D eigenvalue weighted by Gasteiger charge is 2.07. The predicted octanol–water partition coefficient (Wildman–Crippen LogP) is 1.45. The molecule has 0 atom stereocenters. The third kappa shape index (κ3) is 2.87. The van der Waals surface area contributed by atoms with Crippen LogP contribution in [0.2, 0.25) is 0 Å². The Bertz CT molecular complexity index is 318. The SMILES string of the molecule is CCCOC(=O)Cn1nc(C)cc1C. The summed E-state index contributed by atoms with van der Waals surface area (Å²) in [5.41, 5.74) is 1.90. The summed E-state index contributed by atoms with van der Waals surface area (Å²) in [6.45, 7) is 6.49. The lowest BCUT2D eigenvalue weighted by Crippen LogP contribution is -2.16. The van der Waals surface area contributed by atoms with Gasteiger partial charge in [0.15, 0.2) is 0 Å². The Morgan fingerprint density at radius 3 is 2.79 bits per heavy atom. The molecular weight excluding hydrogens is 180 g/mol. The third-order valence-corrected chi connectivity index (χ3v) is 1.85. The Morgan fingerprint density at radius 2 is 2.29 bits per heavy atom. The van der Waals surface area contributed by atoms with E-state index in [0.29, 0.717) is 6.61 Å². The molecule has 0 radical (unpaired) electrons. The number of nitrogens with zero attached hydrogens (tertiary/aromatic N) is 2. The topological polar surface area (TPSA) is 44.1 Å². The van der Waals surface area contributed by atoms with Crippen LogP contribution in [0.25, 0.3) is 0 Å². The maximum absolute atomic E-state index is 11.2. The van der Waals surface area contributed by atoms with Crippen molar-refractivity contribution in [2.24, 2.45) is 0 Å². The number of ether oxygens (including phenoxy) is 1. The second-order valence-corrected chi connectivity index (χ2v) is 3.31. The Morgan fingerprint density at radius 1 is 1.57 bits per heavy atom. The number of carbonyl (C=O) groups is 1. The van der Waals surface area contributed by atoms with E-state index in [9.17, 15) is 4.79 Å². The number of esters is 1. The van der Waals surface area contributed by atoms with E-state index in [2.05, 4.69) is 5.10 Å². The average molecular weight is 196 g/mol. The molecule has 0 amide bonds. The number of hydrogen-bond acceptors (Lipinski definition) is 3. The van der Waals surface area contributed by atoms with Gasteiger partial charge in [0, 0.05) is 5.69 Å². The monoisotopic (exact) mass is 196 g/mol. The summed E-state index contributed by atoms with van der Waals surface area (Å²) in [6, 6.07) is 1.94. The Kier molecular flexibility index (Phi) is 3.68. The second-order valence-electron chi connectivity index (χ2n) is 3.31. The molecule has 0 fully saturated rings. The highest BCUT2D eigenvalue weighted by Crippen LogP contribution is 2.01. The van der Waals surface area contributed by atoms with Crippen molar-refractivity contribution in [2.45, 2.75) is 33.7 Å². The molecule has 0 aromatic carbocycles. The third-order valence-electron chi connectivity index (χ3n) is 1.85. The summed E-state index contributed by atoms with van der Waals surface area (Å²) in [6.07, 6.45) is 0.850. The number of rotatable bonds is 4. The second kappa shape index (κ2) is 4.79. The predicted molar refractivity (Wildman–Crippen MR) is 53.0 cm³/mol. The first kappa shape index (κ1) is 10.8. The molecule has 0 N–H and O–H groups in total. The number of hydrogen-bond donors (Lipinski definition) is 0. The summed E-state index contributed by atoms with van der Waals surface area (Å²) >= 11 is 0. The molecule has 0 saturated carbocycles. The van der Waals surface area contributed by atoms with E-state index in [0.717, 1.165) is 17.8 Å². The maximum atomic E-state index is 11.2. The number of aryl methyl sites for hydroxylation is 2. The molecule has 0 bridgehead atoms. The van der Waals surface area contributed by atoms with Gasteiger partial charge in [0.2, 0.25) is 0 Å². The summed E-state index contributed by atoms with van der Waals surface area (Å²) in [5, 5.41) is 4.17. The fourth-order valence-corrected chi connectivity index (χ4v) is 1.22. The van der Waals surface area contributed by atoms with Crippen molar-refractivity contribution < 1.29 is 9.53 Å². The van der Waals surface area contributed by atoms with Gasteiger partial charge in [0.05, 0.1) is 12.3 Å². The van der Waals surface area contributed by atoms with Crippen molar-refractivity contribution in [3.8, 4) is 0 Å². The minimum atomic E-state index is -0.224. The van der Waals surface area contributed by atoms with Crippen molar-refractivity contribution in [3.63, 3.8) is 0 Å². The van der Waals surface area contributed by atoms with E-state index < -0.39 is 0 Å². The molecule has 0 aliphatic rings. The van der Waals surface area contributed by atoms with Gasteiger partial charge in [0.1, 0.15) is 6.54 Å². The Labute approximate surface area is 83.9 Å². The smallest absolute Gasteiger partial charge is 0.327 e. The van der Waals surface area contributed by atoms with Crippen LogP contribution in [0.3, 0.4) is 0 Å². The molecule has 4 heteroatoms. The molecule has 14 heavy (non-hydrogen) atoms. The highest BCUT2D eigenvalue weighted by molar-refractivity contribution is 5.69. The molecule has 4 nitrogen and oxygen atoms in total. The first-order valence-electron chi connectivity index (χ1n) is 4.80. The minimum absolute atomic E-state index is 0.208. The van der Waals surface area contributed by atoms with Crippen LogP contribution in [0.4, 0.5) is 0 Å². The Hall–Kier alpha value is -1.32. The fraction of sp³-hybridized carbons (Fsp3) is 0.600. The molecule has 1 aromatic rings. The number of aromatic nitrogens is 2. The van der Waals surface area contributed by atoms with E-state index >= 15 is 0 Å². The van der Waals surface area contributed by atoms with Crippen LogP contribution in [0.15, 0.2) is 6.07 Å². The molecule has 1 aromatic heterocycles. The van der Waals surface area contributed by atoms with Crippen LogP contribution >= 0.6 is 0 Å². The fourth-order valence-electron chi connectivity index (χ4n) is 1.22. The van der Waals surface area contributed by atoms with Crippen LogP contribution in [0.5, 0.6) is 0 Å². The summed E-state index contributed by atoms with van der Waals surface area (Å²) in [5.74, 6) is -0.224. The van der Waals surface area contributed by atoms with E-state index in [-0.39, 0.29) is 12.5 Å². The Balaban J connectivity index is 2.51. The van der Waals surface area contributed by atoms with E-state index in [1.54, 1.807) is 4.68 Å². The van der Waals surface area contributed by atoms with Crippen molar-refractivity contribution in [3.05, 3.63) is 17.5 Å². The quantitative estimate of drug-likeness (QED) is 0.685. The van der Waals surface area contributed by atoms with Gasteiger partial charge in [-0.3, -0.25) is 9.48 Å². The standard InChI is InChI=1S/C10H16N2O2/c1-4-5-14-10(13)7-12-9(3)6-8(2)11-12/h6H,4-5,7H2,1-3H3. The van der Waals surface area contributed by atoms with Crippen molar-refractivity contribution >= 4 is 5.97 Å². The largest absolute Gasteiger partial charge is 0.464 e. The normalized spacial score (nSPS) is 10.2. The molecule has 0 aliphatic carbocycles. The first-order valence-corrected chi connectivity index (χ1v) is 4.80. The van der Waals surface area contributed by atoms with E-state index in [1.165, 1.54) is 0 Å². The van der Waals surface area contributed by atoms with Crippen LogP contribution < -0.4 is 0 Å². The molecule has 0 spiro atoms. The van der Waals surface area contributed by atoms with Gasteiger partial charge in [-0.15, -0.1) is 0 Å². The molecule has 0 saturated heterocycles. The van der Waals surface area contributed by atoms with Crippen LogP contribution in [0, 0.1) is 13.8 Å². The molecule has 0 unspecified atom stereocenters. The van der Waals surface area contributed by atoms with Crippen molar-refractivity contribution in [2.75, 3.05) is 6.61 Å². The lowest BCUT2D eigenvalue weighted by molar-refractivity contribution is -0.144. The zero-order valence-corrected chi connectivity index (χ0v) is 8.91. The van der Waals surface area contributed by atoms with Crippen LogP contribution in [0.1, 0.15) is 24.7 Å². The van der Waals surface area contributed by atoms with Crippen LogP contribution in [-0.2, 0) is 16.1 Å². The average Bonchev–Trinajstić information content (AvgIpc) is 2.42. The van der Waals surface area contributed by atoms with E-state index in [1.807, 2.05) is 26.8 Å². The first-order chi connectivity index (χ1) is 6.63. The lowest BCUT2D eigenvalue weighted by atomic mass is 10.4. The van der Waals surface area contributed by atoms with Gasteiger partial charge in [-0.2, -0.15) is 5.10 Å². The molecular formula is C10H16N2O2. The van der Waals surface area contributed by atoms with Gasteiger partial charge in [-0.1, -0.05) is 6.92 Å². The highest BCUT2D eigenvalue weighted by atomic mass is 16.5. The molecule has 1 heterocycles. The van der Waals surface area contributed by atoms with Gasteiger partial charge in [-0.25, -0.2) is 0 Å². The lowest BCUT2D eigenvalue weighted by Gasteiger charge is -2.04. The van der Waals surface area contributed by atoms with Gasteiger partial charge in [0.25, 0.3) is 0 Å². The van der Waals surface area contributed by atoms with E-state index in [4.69, 9.17) is 4.74 Å². The van der Waals surface area contributed by atoms with Gasteiger partial charge >= 0.3 is 5.97 Å². The molecule has 1 rings (SSSR count).